The van der Waals surface area contributed by atoms with E-state index in [0.717, 1.165) is 10.1 Å². The highest BCUT2D eigenvalue weighted by atomic mass is 32.2. The second kappa shape index (κ2) is 9.23. The fourth-order valence-corrected chi connectivity index (χ4v) is 4.87. The summed E-state index contributed by atoms with van der Waals surface area (Å²) in [7, 11) is 0. The zero-order valence-corrected chi connectivity index (χ0v) is 17.2. The molecule has 29 heavy (non-hydrogen) atoms. The van der Waals surface area contributed by atoms with Gasteiger partial charge in [0.1, 0.15) is 6.26 Å². The van der Waals surface area contributed by atoms with E-state index in [9.17, 15) is 9.59 Å². The van der Waals surface area contributed by atoms with Crippen molar-refractivity contribution in [2.45, 2.75) is 22.9 Å². The van der Waals surface area contributed by atoms with Gasteiger partial charge in [0.05, 0.1) is 11.8 Å². The van der Waals surface area contributed by atoms with Gasteiger partial charge < -0.3 is 14.6 Å². The Balaban J connectivity index is 1.25. The summed E-state index contributed by atoms with van der Waals surface area (Å²) in [6.45, 7) is 1.10. The first kappa shape index (κ1) is 19.7. The van der Waals surface area contributed by atoms with Crippen molar-refractivity contribution in [1.29, 1.82) is 0 Å². The van der Waals surface area contributed by atoms with Crippen LogP contribution in [0, 0.1) is 5.92 Å². The lowest BCUT2D eigenvalue weighted by molar-refractivity contribution is -0.121. The summed E-state index contributed by atoms with van der Waals surface area (Å²) >= 11 is 2.98. The molecule has 0 bridgehead atoms. The Morgan fingerprint density at radius 2 is 1.97 bits per heavy atom. The van der Waals surface area contributed by atoms with E-state index in [2.05, 4.69) is 27.6 Å². The largest absolute Gasteiger partial charge is 0.472 e. The average Bonchev–Trinajstić information content (AvgIpc) is 3.45. The second-order valence-corrected chi connectivity index (χ2v) is 8.92. The number of hydrogen-bond acceptors (Lipinski definition) is 7. The van der Waals surface area contributed by atoms with Crippen LogP contribution in [0.25, 0.3) is 0 Å². The van der Waals surface area contributed by atoms with Crippen LogP contribution in [0.15, 0.2) is 57.7 Å². The molecule has 1 saturated heterocycles. The van der Waals surface area contributed by atoms with E-state index in [4.69, 9.17) is 4.42 Å². The molecular formula is C20H20N4O3S2. The monoisotopic (exact) mass is 428 g/mol. The van der Waals surface area contributed by atoms with Gasteiger partial charge >= 0.3 is 0 Å². The van der Waals surface area contributed by atoms with Crippen LogP contribution in [-0.4, -0.2) is 40.0 Å². The minimum Gasteiger partial charge on any atom is -0.472 e. The highest BCUT2D eigenvalue weighted by molar-refractivity contribution is 8.00. The van der Waals surface area contributed by atoms with E-state index in [0.29, 0.717) is 36.6 Å². The van der Waals surface area contributed by atoms with E-state index < -0.39 is 0 Å². The predicted molar refractivity (Wildman–Crippen MR) is 112 cm³/mol. The maximum Gasteiger partial charge on any atom is 0.257 e. The number of hydrogen-bond donors (Lipinski definition) is 1. The third kappa shape index (κ3) is 5.04. The van der Waals surface area contributed by atoms with E-state index in [-0.39, 0.29) is 17.7 Å². The first-order chi connectivity index (χ1) is 14.2. The summed E-state index contributed by atoms with van der Waals surface area (Å²) in [4.78, 5) is 26.7. The lowest BCUT2D eigenvalue weighted by atomic mass is 9.95. The van der Waals surface area contributed by atoms with Crippen molar-refractivity contribution in [3.63, 3.8) is 0 Å². The molecule has 4 rings (SSSR count). The first-order valence-corrected chi connectivity index (χ1v) is 11.1. The van der Waals surface area contributed by atoms with Crippen LogP contribution < -0.4 is 5.32 Å². The minimum absolute atomic E-state index is 0.0539. The van der Waals surface area contributed by atoms with Crippen molar-refractivity contribution in [1.82, 2.24) is 15.1 Å². The maximum absolute atomic E-state index is 12.6. The summed E-state index contributed by atoms with van der Waals surface area (Å²) < 4.78 is 5.80. The average molecular weight is 429 g/mol. The summed E-state index contributed by atoms with van der Waals surface area (Å²) in [6.07, 6.45) is 4.19. The number of likely N-dealkylation sites (tertiary alicyclic amines) is 1. The molecule has 7 nitrogen and oxygen atoms in total. The molecule has 1 aromatic carbocycles. The molecule has 3 aromatic rings. The summed E-state index contributed by atoms with van der Waals surface area (Å²) in [5, 5.41) is 11.6. The first-order valence-electron chi connectivity index (χ1n) is 9.31. The third-order valence-corrected chi connectivity index (χ3v) is 6.81. The van der Waals surface area contributed by atoms with Gasteiger partial charge in [-0.3, -0.25) is 9.59 Å². The molecule has 0 spiro atoms. The van der Waals surface area contributed by atoms with Gasteiger partial charge in [-0.25, -0.2) is 0 Å². The van der Waals surface area contributed by atoms with Crippen LogP contribution in [0.3, 0.4) is 0 Å². The SMILES string of the molecule is O=C(Nc1nnc(SCc2ccccc2)s1)C1CCN(C(=O)c2ccoc2)CC1. The minimum atomic E-state index is -0.132. The van der Waals surface area contributed by atoms with Gasteiger partial charge in [0.15, 0.2) is 4.34 Å². The molecule has 1 fully saturated rings. The number of carbonyl (C=O) groups excluding carboxylic acids is 2. The molecule has 1 aliphatic rings. The molecule has 0 aliphatic carbocycles. The normalized spacial score (nSPS) is 14.7. The molecule has 1 aliphatic heterocycles. The van der Waals surface area contributed by atoms with Crippen molar-refractivity contribution < 1.29 is 14.0 Å². The maximum atomic E-state index is 12.6. The van der Waals surface area contributed by atoms with E-state index in [1.54, 1.807) is 22.7 Å². The van der Waals surface area contributed by atoms with Gasteiger partial charge in [0, 0.05) is 24.8 Å². The number of rotatable bonds is 6. The summed E-state index contributed by atoms with van der Waals surface area (Å²) in [5.74, 6) is 0.567. The second-order valence-electron chi connectivity index (χ2n) is 6.72. The van der Waals surface area contributed by atoms with Gasteiger partial charge in [-0.15, -0.1) is 10.2 Å². The Morgan fingerprint density at radius 1 is 1.17 bits per heavy atom. The van der Waals surface area contributed by atoms with Crippen LogP contribution in [0.5, 0.6) is 0 Å². The predicted octanol–water partition coefficient (Wildman–Crippen LogP) is 3.91. The Kier molecular flexibility index (Phi) is 6.26. The van der Waals surface area contributed by atoms with Crippen LogP contribution >= 0.6 is 23.1 Å². The molecule has 0 saturated carbocycles. The number of thioether (sulfide) groups is 1. The molecule has 2 amide bonds. The topological polar surface area (TPSA) is 88.3 Å². The Morgan fingerprint density at radius 3 is 2.69 bits per heavy atom. The highest BCUT2D eigenvalue weighted by Gasteiger charge is 2.28. The lowest BCUT2D eigenvalue weighted by Gasteiger charge is -2.30. The van der Waals surface area contributed by atoms with Crippen molar-refractivity contribution in [2.75, 3.05) is 18.4 Å². The number of benzene rings is 1. The molecule has 0 radical (unpaired) electrons. The van der Waals surface area contributed by atoms with Crippen LogP contribution in [-0.2, 0) is 10.5 Å². The Hall–Kier alpha value is -2.65. The fourth-order valence-electron chi connectivity index (χ4n) is 3.16. The molecule has 150 valence electrons. The van der Waals surface area contributed by atoms with Gasteiger partial charge in [0.2, 0.25) is 11.0 Å². The van der Waals surface area contributed by atoms with E-state index >= 15 is 0 Å². The van der Waals surface area contributed by atoms with Crippen LogP contribution in [0.4, 0.5) is 5.13 Å². The molecule has 2 aromatic heterocycles. The quantitative estimate of drug-likeness (QED) is 0.473. The van der Waals surface area contributed by atoms with E-state index in [1.807, 2.05) is 18.2 Å². The summed E-state index contributed by atoms with van der Waals surface area (Å²) in [6, 6.07) is 11.8. The van der Waals surface area contributed by atoms with E-state index in [1.165, 1.54) is 29.4 Å². The third-order valence-electron chi connectivity index (χ3n) is 4.76. The number of carbonyl (C=O) groups is 2. The zero-order chi connectivity index (χ0) is 20.1. The van der Waals surface area contributed by atoms with Crippen molar-refractivity contribution in [3.8, 4) is 0 Å². The Labute approximate surface area is 176 Å². The number of amides is 2. The molecule has 1 N–H and O–H groups in total. The molecular weight excluding hydrogens is 408 g/mol. The number of nitrogens with zero attached hydrogens (tertiary/aromatic N) is 3. The van der Waals surface area contributed by atoms with Gasteiger partial charge in [-0.1, -0.05) is 53.4 Å². The number of anilines is 1. The standard InChI is InChI=1S/C20H20N4O3S2/c25-17(15-6-9-24(10-7-15)18(26)16-8-11-27-12-16)21-19-22-23-20(29-19)28-13-14-4-2-1-3-5-14/h1-5,8,11-12,15H,6-7,9-10,13H2,(H,21,22,25). The molecule has 3 heterocycles. The van der Waals surface area contributed by atoms with Gasteiger partial charge in [-0.2, -0.15) is 0 Å². The lowest BCUT2D eigenvalue weighted by Crippen LogP contribution is -2.41. The van der Waals surface area contributed by atoms with Crippen molar-refractivity contribution >= 4 is 40.0 Å². The fraction of sp³-hybridized carbons (Fsp3) is 0.300. The van der Waals surface area contributed by atoms with Crippen molar-refractivity contribution in [2.24, 2.45) is 5.92 Å². The smallest absolute Gasteiger partial charge is 0.257 e. The van der Waals surface area contributed by atoms with Crippen molar-refractivity contribution in [3.05, 3.63) is 60.1 Å². The number of nitrogens with one attached hydrogen (secondary N) is 1. The highest BCUT2D eigenvalue weighted by Crippen LogP contribution is 2.29. The van der Waals surface area contributed by atoms with Gasteiger partial charge in [-0.05, 0) is 24.5 Å². The summed E-state index contributed by atoms with van der Waals surface area (Å²) in [5.41, 5.74) is 1.76. The molecule has 9 heteroatoms. The zero-order valence-electron chi connectivity index (χ0n) is 15.6. The molecule has 0 atom stereocenters. The number of piperidine rings is 1. The van der Waals surface area contributed by atoms with Gasteiger partial charge in [0.25, 0.3) is 5.91 Å². The van der Waals surface area contributed by atoms with Crippen LogP contribution in [0.2, 0.25) is 0 Å². The Bertz CT molecular complexity index is 951. The number of aromatic nitrogens is 2. The molecule has 0 unspecified atom stereocenters. The number of furan rings is 1. The van der Waals surface area contributed by atoms with Crippen LogP contribution in [0.1, 0.15) is 28.8 Å².